The summed E-state index contributed by atoms with van der Waals surface area (Å²) in [4.78, 5) is -0.0181. The standard InChI is InChI=1S/C20H21ClN2O3S/c1-26-19-9-3-2-7-16(19)12-15-6-5-11-23(14-15)27(24,25)20-10-4-8-18(21)17(20)13-22/h2-4,7-10,15H,5-6,11-12,14H2,1H3. The summed E-state index contributed by atoms with van der Waals surface area (Å²) in [6.07, 6.45) is 2.48. The molecule has 3 rings (SSSR count). The van der Waals surface area contributed by atoms with Crippen molar-refractivity contribution in [2.24, 2.45) is 5.92 Å². The molecule has 0 radical (unpaired) electrons. The van der Waals surface area contributed by atoms with Gasteiger partial charge in [0.15, 0.2) is 0 Å². The Kier molecular flexibility index (Phi) is 6.05. The van der Waals surface area contributed by atoms with Gasteiger partial charge in [0.05, 0.1) is 17.7 Å². The second-order valence-corrected chi connectivity index (χ2v) is 8.93. The molecule has 5 nitrogen and oxygen atoms in total. The second kappa shape index (κ2) is 8.30. The summed E-state index contributed by atoms with van der Waals surface area (Å²) in [6, 6.07) is 14.3. The van der Waals surface area contributed by atoms with Crippen molar-refractivity contribution in [1.82, 2.24) is 4.31 Å². The SMILES string of the molecule is COc1ccccc1CC1CCCN(S(=O)(=O)c2cccc(Cl)c2C#N)C1. The fourth-order valence-electron chi connectivity index (χ4n) is 3.56. The maximum Gasteiger partial charge on any atom is 0.244 e. The highest BCUT2D eigenvalue weighted by atomic mass is 35.5. The van der Waals surface area contributed by atoms with Gasteiger partial charge in [0, 0.05) is 13.1 Å². The largest absolute Gasteiger partial charge is 0.496 e. The van der Waals surface area contributed by atoms with E-state index in [1.807, 2.05) is 30.3 Å². The Balaban J connectivity index is 1.84. The fraction of sp³-hybridized carbons (Fsp3) is 0.350. The van der Waals surface area contributed by atoms with Crippen molar-refractivity contribution in [2.75, 3.05) is 20.2 Å². The molecule has 1 aliphatic rings. The van der Waals surface area contributed by atoms with Gasteiger partial charge in [0.1, 0.15) is 16.7 Å². The van der Waals surface area contributed by atoms with E-state index < -0.39 is 10.0 Å². The zero-order chi connectivity index (χ0) is 19.4. The topological polar surface area (TPSA) is 70.4 Å². The predicted molar refractivity (Wildman–Crippen MR) is 104 cm³/mol. The van der Waals surface area contributed by atoms with Crippen LogP contribution in [0, 0.1) is 17.2 Å². The zero-order valence-electron chi connectivity index (χ0n) is 15.1. The van der Waals surface area contributed by atoms with Gasteiger partial charge in [0.2, 0.25) is 10.0 Å². The van der Waals surface area contributed by atoms with E-state index in [1.165, 1.54) is 16.4 Å². The van der Waals surface area contributed by atoms with E-state index in [1.54, 1.807) is 13.2 Å². The van der Waals surface area contributed by atoms with Crippen LogP contribution in [0.1, 0.15) is 24.0 Å². The van der Waals surface area contributed by atoms with Crippen molar-refractivity contribution >= 4 is 21.6 Å². The number of halogens is 1. The molecule has 0 spiro atoms. The smallest absolute Gasteiger partial charge is 0.244 e. The van der Waals surface area contributed by atoms with Gasteiger partial charge in [-0.05, 0) is 48.9 Å². The molecular weight excluding hydrogens is 384 g/mol. The predicted octanol–water partition coefficient (Wildman–Crippen LogP) is 3.86. The third-order valence-corrected chi connectivity index (χ3v) is 7.11. The normalized spacial score (nSPS) is 18.0. The Morgan fingerprint density at radius 3 is 2.78 bits per heavy atom. The van der Waals surface area contributed by atoms with Crippen LogP contribution in [0.15, 0.2) is 47.4 Å². The molecular formula is C20H21ClN2O3S. The minimum atomic E-state index is -3.77. The molecule has 0 N–H and O–H groups in total. The first-order chi connectivity index (χ1) is 13.0. The number of nitrogens with zero attached hydrogens (tertiary/aromatic N) is 2. The Hall–Kier alpha value is -2.07. The molecule has 0 aromatic heterocycles. The van der Waals surface area contributed by atoms with Crippen LogP contribution in [-0.2, 0) is 16.4 Å². The highest BCUT2D eigenvalue weighted by Crippen LogP contribution is 2.31. The van der Waals surface area contributed by atoms with E-state index in [2.05, 4.69) is 0 Å². The van der Waals surface area contributed by atoms with E-state index in [0.29, 0.717) is 13.1 Å². The van der Waals surface area contributed by atoms with Gasteiger partial charge in [0.25, 0.3) is 0 Å². The van der Waals surface area contributed by atoms with E-state index in [9.17, 15) is 13.7 Å². The minimum Gasteiger partial charge on any atom is -0.496 e. The molecule has 1 unspecified atom stereocenters. The second-order valence-electron chi connectivity index (χ2n) is 6.61. The lowest BCUT2D eigenvalue weighted by atomic mass is 9.92. The van der Waals surface area contributed by atoms with Crippen LogP contribution >= 0.6 is 11.6 Å². The van der Waals surface area contributed by atoms with Gasteiger partial charge in [-0.2, -0.15) is 9.57 Å². The summed E-state index contributed by atoms with van der Waals surface area (Å²) in [5.41, 5.74) is 1.08. The summed E-state index contributed by atoms with van der Waals surface area (Å²) in [6.45, 7) is 0.861. The maximum atomic E-state index is 13.1. The van der Waals surface area contributed by atoms with E-state index >= 15 is 0 Å². The summed E-state index contributed by atoms with van der Waals surface area (Å²) in [5, 5.41) is 9.49. The lowest BCUT2D eigenvalue weighted by Gasteiger charge is -2.32. The van der Waals surface area contributed by atoms with Crippen LogP contribution in [-0.4, -0.2) is 32.9 Å². The van der Waals surface area contributed by atoms with Crippen LogP contribution in [0.2, 0.25) is 5.02 Å². The molecule has 2 aromatic carbocycles. The Morgan fingerprint density at radius 2 is 2.04 bits per heavy atom. The minimum absolute atomic E-state index is 0.00557. The first kappa shape index (κ1) is 19.7. The molecule has 1 atom stereocenters. The van der Waals surface area contributed by atoms with Crippen molar-refractivity contribution in [2.45, 2.75) is 24.2 Å². The monoisotopic (exact) mass is 404 g/mol. The number of benzene rings is 2. The number of nitriles is 1. The van der Waals surface area contributed by atoms with Crippen LogP contribution in [0.5, 0.6) is 5.75 Å². The number of sulfonamides is 1. The van der Waals surface area contributed by atoms with Gasteiger partial charge in [-0.3, -0.25) is 0 Å². The highest BCUT2D eigenvalue weighted by molar-refractivity contribution is 7.89. The average Bonchev–Trinajstić information content (AvgIpc) is 2.68. The number of rotatable bonds is 5. The molecule has 1 saturated heterocycles. The number of piperidine rings is 1. The number of hydrogen-bond donors (Lipinski definition) is 0. The number of ether oxygens (including phenoxy) is 1. The van der Waals surface area contributed by atoms with Crippen LogP contribution in [0.4, 0.5) is 0 Å². The lowest BCUT2D eigenvalue weighted by molar-refractivity contribution is 0.263. The molecule has 1 aliphatic heterocycles. The Bertz CT molecular complexity index is 969. The number of methoxy groups -OCH3 is 1. The van der Waals surface area contributed by atoms with Crippen molar-refractivity contribution in [3.8, 4) is 11.8 Å². The van der Waals surface area contributed by atoms with Gasteiger partial charge in [-0.15, -0.1) is 0 Å². The number of hydrogen-bond acceptors (Lipinski definition) is 4. The molecule has 2 aromatic rings. The molecule has 1 heterocycles. The first-order valence-electron chi connectivity index (χ1n) is 8.78. The van der Waals surface area contributed by atoms with Crippen molar-refractivity contribution in [3.63, 3.8) is 0 Å². The average molecular weight is 405 g/mol. The van der Waals surface area contributed by atoms with Gasteiger partial charge in [-0.25, -0.2) is 8.42 Å². The van der Waals surface area contributed by atoms with Crippen LogP contribution in [0.25, 0.3) is 0 Å². The molecule has 0 saturated carbocycles. The van der Waals surface area contributed by atoms with E-state index in [4.69, 9.17) is 16.3 Å². The number of para-hydroxylation sites is 1. The molecule has 1 fully saturated rings. The van der Waals surface area contributed by atoms with Gasteiger partial charge in [-0.1, -0.05) is 35.9 Å². The van der Waals surface area contributed by atoms with Gasteiger partial charge < -0.3 is 4.74 Å². The molecule has 27 heavy (non-hydrogen) atoms. The molecule has 7 heteroatoms. The molecule has 0 aliphatic carbocycles. The highest BCUT2D eigenvalue weighted by Gasteiger charge is 2.32. The third kappa shape index (κ3) is 4.11. The van der Waals surface area contributed by atoms with Crippen molar-refractivity contribution < 1.29 is 13.2 Å². The molecule has 0 bridgehead atoms. The van der Waals surface area contributed by atoms with Crippen LogP contribution < -0.4 is 4.74 Å². The quantitative estimate of drug-likeness (QED) is 0.758. The first-order valence-corrected chi connectivity index (χ1v) is 10.6. The van der Waals surface area contributed by atoms with E-state index in [-0.39, 0.29) is 21.4 Å². The third-order valence-electron chi connectivity index (χ3n) is 4.89. The zero-order valence-corrected chi connectivity index (χ0v) is 16.6. The van der Waals surface area contributed by atoms with Gasteiger partial charge >= 0.3 is 0 Å². The summed E-state index contributed by atoms with van der Waals surface area (Å²) in [7, 11) is -2.14. The summed E-state index contributed by atoms with van der Waals surface area (Å²) >= 11 is 6.02. The summed E-state index contributed by atoms with van der Waals surface area (Å²) in [5.74, 6) is 1.01. The maximum absolute atomic E-state index is 13.1. The summed E-state index contributed by atoms with van der Waals surface area (Å²) < 4.78 is 33.1. The Labute approximate surface area is 165 Å². The Morgan fingerprint density at radius 1 is 1.26 bits per heavy atom. The van der Waals surface area contributed by atoms with Crippen molar-refractivity contribution in [1.29, 1.82) is 5.26 Å². The molecule has 0 amide bonds. The van der Waals surface area contributed by atoms with Crippen LogP contribution in [0.3, 0.4) is 0 Å². The lowest BCUT2D eigenvalue weighted by Crippen LogP contribution is -2.40. The fourth-order valence-corrected chi connectivity index (χ4v) is 5.55. The molecule has 142 valence electrons. The van der Waals surface area contributed by atoms with Crippen molar-refractivity contribution in [3.05, 3.63) is 58.6 Å². The van der Waals surface area contributed by atoms with E-state index in [0.717, 1.165) is 30.6 Å².